The molecular weight excluding hydrogens is 216 g/mol. The maximum Gasteiger partial charge on any atom is 0.327 e. The van der Waals surface area contributed by atoms with Crippen LogP contribution in [0.15, 0.2) is 23.4 Å². The minimum atomic E-state index is -0.417. The molecule has 0 fully saturated rings. The van der Waals surface area contributed by atoms with Crippen molar-refractivity contribution in [1.29, 1.82) is 0 Å². The fourth-order valence-electron chi connectivity index (χ4n) is 0.872. The molecule has 0 bridgehead atoms. The smallest absolute Gasteiger partial charge is 0.327 e. The molecule has 1 aromatic rings. The minimum absolute atomic E-state index is 0.241. The van der Waals surface area contributed by atoms with E-state index in [1.165, 1.54) is 11.8 Å². The molecule has 0 saturated carbocycles. The average Bonchev–Trinajstić information content (AvgIpc) is 2.21. The van der Waals surface area contributed by atoms with Gasteiger partial charge in [-0.05, 0) is 12.1 Å². The van der Waals surface area contributed by atoms with Crippen LogP contribution in [0.25, 0.3) is 0 Å². The van der Waals surface area contributed by atoms with Crippen LogP contribution in [0.3, 0.4) is 0 Å². The number of aromatic nitrogens is 1. The van der Waals surface area contributed by atoms with E-state index in [0.29, 0.717) is 16.5 Å². The highest BCUT2D eigenvalue weighted by Crippen LogP contribution is 2.21. The summed E-state index contributed by atoms with van der Waals surface area (Å²) >= 11 is 1.40. The van der Waals surface area contributed by atoms with Gasteiger partial charge in [0.15, 0.2) is 0 Å². The normalized spacial score (nSPS) is 9.93. The van der Waals surface area contributed by atoms with Crippen LogP contribution in [0, 0.1) is 0 Å². The summed E-state index contributed by atoms with van der Waals surface area (Å²) in [4.78, 5) is 19.3. The summed E-state index contributed by atoms with van der Waals surface area (Å²) in [5, 5.41) is 0.714. The number of hydrogen-bond donors (Lipinski definition) is 3. The van der Waals surface area contributed by atoms with Gasteiger partial charge in [-0.25, -0.2) is 10.8 Å². The number of carbonyl (C=O) groups excluding carboxylic acids is 1. The fourth-order valence-corrected chi connectivity index (χ4v) is 1.70. The second-order valence-electron chi connectivity index (χ2n) is 2.59. The number of hydrogen-bond acceptors (Lipinski definition) is 7. The van der Waals surface area contributed by atoms with Crippen LogP contribution < -0.4 is 17.2 Å². The van der Waals surface area contributed by atoms with Gasteiger partial charge < -0.3 is 10.6 Å². The second kappa shape index (κ2) is 6.23. The topological polar surface area (TPSA) is 103 Å². The number of rotatable bonds is 5. The standard InChI is InChI=1S/C8H12N4O2S/c9-6-2-1-4-11-8(6)15-5-3-7(13)14-12-10/h1-2,4,12H,3,5,9-10H2. The lowest BCUT2D eigenvalue weighted by Gasteiger charge is -2.03. The molecule has 7 heteroatoms. The Balaban J connectivity index is 2.32. The SMILES string of the molecule is NNOC(=O)CCSc1ncccc1N. The van der Waals surface area contributed by atoms with E-state index in [9.17, 15) is 4.79 Å². The zero-order chi connectivity index (χ0) is 11.1. The molecule has 82 valence electrons. The Morgan fingerprint density at radius 3 is 3.13 bits per heavy atom. The number of anilines is 1. The van der Waals surface area contributed by atoms with Gasteiger partial charge in [-0.2, -0.15) is 0 Å². The predicted molar refractivity (Wildman–Crippen MR) is 57.4 cm³/mol. The summed E-state index contributed by atoms with van der Waals surface area (Å²) in [7, 11) is 0. The first-order valence-corrected chi connectivity index (χ1v) is 5.21. The Kier molecular flexibility index (Phi) is 4.88. The first-order chi connectivity index (χ1) is 7.24. The van der Waals surface area contributed by atoms with Crippen molar-refractivity contribution in [2.75, 3.05) is 11.5 Å². The molecule has 5 N–H and O–H groups in total. The highest BCUT2D eigenvalue weighted by molar-refractivity contribution is 7.99. The number of hydrazine groups is 1. The van der Waals surface area contributed by atoms with E-state index in [2.05, 4.69) is 9.82 Å². The molecule has 0 radical (unpaired) electrons. The van der Waals surface area contributed by atoms with Gasteiger partial charge in [0.25, 0.3) is 0 Å². The summed E-state index contributed by atoms with van der Waals surface area (Å²) in [5.41, 5.74) is 8.10. The summed E-state index contributed by atoms with van der Waals surface area (Å²) < 4.78 is 0. The number of carbonyl (C=O) groups is 1. The van der Waals surface area contributed by atoms with Gasteiger partial charge in [0.2, 0.25) is 0 Å². The van der Waals surface area contributed by atoms with Crippen molar-refractivity contribution in [3.8, 4) is 0 Å². The molecular formula is C8H12N4O2S. The van der Waals surface area contributed by atoms with Crippen molar-refractivity contribution in [3.63, 3.8) is 0 Å². The van der Waals surface area contributed by atoms with Gasteiger partial charge in [0.1, 0.15) is 5.03 Å². The van der Waals surface area contributed by atoms with Crippen LogP contribution in [0.1, 0.15) is 6.42 Å². The summed E-state index contributed by atoms with van der Waals surface area (Å²) in [6.07, 6.45) is 1.89. The first-order valence-electron chi connectivity index (χ1n) is 4.22. The van der Waals surface area contributed by atoms with Crippen molar-refractivity contribution >= 4 is 23.4 Å². The molecule has 0 atom stereocenters. The van der Waals surface area contributed by atoms with Crippen LogP contribution in [0.2, 0.25) is 0 Å². The highest BCUT2D eigenvalue weighted by Gasteiger charge is 2.04. The Bertz CT molecular complexity index is 334. The Labute approximate surface area is 91.3 Å². The Hall–Kier alpha value is -1.31. The Morgan fingerprint density at radius 2 is 2.47 bits per heavy atom. The number of nitrogens with one attached hydrogen (secondary N) is 1. The van der Waals surface area contributed by atoms with Gasteiger partial charge in [0, 0.05) is 11.9 Å². The quantitative estimate of drug-likeness (QED) is 0.372. The molecule has 15 heavy (non-hydrogen) atoms. The van der Waals surface area contributed by atoms with Crippen molar-refractivity contribution in [2.45, 2.75) is 11.4 Å². The fraction of sp³-hybridized carbons (Fsp3) is 0.250. The molecule has 0 spiro atoms. The van der Waals surface area contributed by atoms with Gasteiger partial charge in [-0.15, -0.1) is 11.8 Å². The van der Waals surface area contributed by atoms with Crippen LogP contribution in [0.5, 0.6) is 0 Å². The second-order valence-corrected chi connectivity index (χ2v) is 3.67. The highest BCUT2D eigenvalue weighted by atomic mass is 32.2. The molecule has 1 aromatic heterocycles. The van der Waals surface area contributed by atoms with E-state index in [-0.39, 0.29) is 6.42 Å². The zero-order valence-electron chi connectivity index (χ0n) is 7.97. The van der Waals surface area contributed by atoms with Gasteiger partial charge in [-0.1, -0.05) is 5.59 Å². The molecule has 0 unspecified atom stereocenters. The third-order valence-electron chi connectivity index (χ3n) is 1.52. The maximum atomic E-state index is 10.9. The van der Waals surface area contributed by atoms with Crippen LogP contribution in [-0.4, -0.2) is 16.7 Å². The molecule has 0 aliphatic carbocycles. The zero-order valence-corrected chi connectivity index (χ0v) is 8.79. The number of thioether (sulfide) groups is 1. The van der Waals surface area contributed by atoms with Crippen LogP contribution >= 0.6 is 11.8 Å². The maximum absolute atomic E-state index is 10.9. The van der Waals surface area contributed by atoms with Gasteiger partial charge >= 0.3 is 5.97 Å². The molecule has 1 heterocycles. The monoisotopic (exact) mass is 228 g/mol. The third kappa shape index (κ3) is 4.15. The molecule has 0 amide bonds. The Morgan fingerprint density at radius 1 is 1.67 bits per heavy atom. The van der Waals surface area contributed by atoms with E-state index < -0.39 is 5.97 Å². The largest absolute Gasteiger partial charge is 0.397 e. The molecule has 1 rings (SSSR count). The molecule has 6 nitrogen and oxygen atoms in total. The lowest BCUT2D eigenvalue weighted by atomic mass is 10.4. The van der Waals surface area contributed by atoms with Gasteiger partial charge in [0.05, 0.1) is 12.1 Å². The number of pyridine rings is 1. The lowest BCUT2D eigenvalue weighted by molar-refractivity contribution is -0.150. The summed E-state index contributed by atoms with van der Waals surface area (Å²) in [6.45, 7) is 0. The molecule has 0 aliphatic heterocycles. The number of nitrogens with zero attached hydrogens (tertiary/aromatic N) is 1. The first kappa shape index (κ1) is 11.8. The molecule has 0 aliphatic rings. The van der Waals surface area contributed by atoms with Crippen molar-refractivity contribution in [2.24, 2.45) is 5.84 Å². The van der Waals surface area contributed by atoms with E-state index >= 15 is 0 Å². The van der Waals surface area contributed by atoms with E-state index in [1.54, 1.807) is 18.3 Å². The van der Waals surface area contributed by atoms with E-state index in [0.717, 1.165) is 0 Å². The van der Waals surface area contributed by atoms with Crippen LogP contribution in [-0.2, 0) is 9.63 Å². The minimum Gasteiger partial charge on any atom is -0.397 e. The number of nitrogen functional groups attached to an aromatic ring is 1. The molecule has 0 aromatic carbocycles. The number of nitrogens with two attached hydrogens (primary N) is 2. The predicted octanol–water partition coefficient (Wildman–Crippen LogP) is 0.0675. The van der Waals surface area contributed by atoms with Crippen molar-refractivity contribution < 1.29 is 9.63 Å². The van der Waals surface area contributed by atoms with E-state index in [4.69, 9.17) is 11.6 Å². The summed E-state index contributed by atoms with van der Waals surface area (Å²) in [5.74, 6) is 4.93. The van der Waals surface area contributed by atoms with Crippen molar-refractivity contribution in [3.05, 3.63) is 18.3 Å². The molecule has 0 saturated heterocycles. The van der Waals surface area contributed by atoms with Crippen LogP contribution in [0.4, 0.5) is 5.69 Å². The van der Waals surface area contributed by atoms with E-state index in [1.807, 2.05) is 5.59 Å². The summed E-state index contributed by atoms with van der Waals surface area (Å²) in [6, 6.07) is 3.51. The van der Waals surface area contributed by atoms with Gasteiger partial charge in [-0.3, -0.25) is 4.79 Å². The van der Waals surface area contributed by atoms with Crippen molar-refractivity contribution in [1.82, 2.24) is 10.6 Å². The average molecular weight is 228 g/mol. The lowest BCUT2D eigenvalue weighted by Crippen LogP contribution is -2.26. The third-order valence-corrected chi connectivity index (χ3v) is 2.54.